The van der Waals surface area contributed by atoms with Gasteiger partial charge >= 0.3 is 0 Å². The highest BCUT2D eigenvalue weighted by Crippen LogP contribution is 2.31. The number of nitrogens with one attached hydrogen (secondary N) is 1. The first kappa shape index (κ1) is 13.5. The summed E-state index contributed by atoms with van der Waals surface area (Å²) in [6.07, 6.45) is 1.19. The first-order valence-corrected chi connectivity index (χ1v) is 5.64. The number of hydrogen-bond acceptors (Lipinski definition) is 3. The van der Waals surface area contributed by atoms with Gasteiger partial charge in [0.2, 0.25) is 17.7 Å². The van der Waals surface area contributed by atoms with Crippen molar-refractivity contribution in [2.75, 3.05) is 6.54 Å². The van der Waals surface area contributed by atoms with Gasteiger partial charge in [0.1, 0.15) is 6.04 Å². The van der Waals surface area contributed by atoms with E-state index in [1.807, 2.05) is 13.8 Å². The maximum absolute atomic E-state index is 11.8. The van der Waals surface area contributed by atoms with Gasteiger partial charge in [-0.1, -0.05) is 0 Å². The van der Waals surface area contributed by atoms with Crippen molar-refractivity contribution in [3.63, 3.8) is 0 Å². The number of carbonyl (C=O) groups excluding carboxylic acids is 3. The van der Waals surface area contributed by atoms with Gasteiger partial charge in [-0.15, -0.1) is 0 Å². The summed E-state index contributed by atoms with van der Waals surface area (Å²) in [7, 11) is 0. The minimum absolute atomic E-state index is 0.0308. The largest absolute Gasteiger partial charge is 0.368 e. The molecule has 1 saturated heterocycles. The van der Waals surface area contributed by atoms with E-state index in [0.29, 0.717) is 6.42 Å². The molecule has 96 valence electrons. The molecule has 0 spiro atoms. The van der Waals surface area contributed by atoms with Crippen LogP contribution in [0.4, 0.5) is 0 Å². The molecule has 1 aliphatic heterocycles. The summed E-state index contributed by atoms with van der Waals surface area (Å²) in [6.45, 7) is 5.30. The maximum Gasteiger partial charge on any atom is 0.242 e. The molecular formula is C11H19N3O3. The third-order valence-corrected chi connectivity index (χ3v) is 3.08. The molecule has 3 amide bonds. The van der Waals surface area contributed by atoms with Gasteiger partial charge in [-0.25, -0.2) is 0 Å². The standard InChI is InChI=1S/C11H19N3O3/c1-7(10(17)13-6-8(12)15)14-9(16)4-5-11(14,2)3/h7H,4-6H2,1-3H3,(H2,12,15)(H,13,17). The zero-order chi connectivity index (χ0) is 13.2. The lowest BCUT2D eigenvalue weighted by Crippen LogP contribution is -2.53. The monoisotopic (exact) mass is 241 g/mol. The van der Waals surface area contributed by atoms with Gasteiger partial charge in [0.15, 0.2) is 0 Å². The van der Waals surface area contributed by atoms with E-state index in [4.69, 9.17) is 5.73 Å². The average molecular weight is 241 g/mol. The minimum atomic E-state index is -0.599. The quantitative estimate of drug-likeness (QED) is 0.687. The van der Waals surface area contributed by atoms with Gasteiger partial charge in [-0.05, 0) is 27.2 Å². The summed E-state index contributed by atoms with van der Waals surface area (Å²) in [5.41, 5.74) is 4.62. The van der Waals surface area contributed by atoms with Crippen molar-refractivity contribution >= 4 is 17.7 Å². The van der Waals surface area contributed by atoms with E-state index >= 15 is 0 Å². The summed E-state index contributed by atoms with van der Waals surface area (Å²) in [5, 5.41) is 2.41. The molecule has 1 rings (SSSR count). The molecule has 0 aliphatic carbocycles. The Labute approximate surface area is 101 Å². The molecule has 6 heteroatoms. The molecule has 0 aromatic heterocycles. The molecule has 1 heterocycles. The molecule has 1 atom stereocenters. The zero-order valence-electron chi connectivity index (χ0n) is 10.4. The molecule has 1 fully saturated rings. The van der Waals surface area contributed by atoms with Crippen molar-refractivity contribution in [2.45, 2.75) is 45.2 Å². The van der Waals surface area contributed by atoms with Crippen molar-refractivity contribution < 1.29 is 14.4 Å². The highest BCUT2D eigenvalue weighted by Gasteiger charge is 2.42. The normalized spacial score (nSPS) is 20.2. The van der Waals surface area contributed by atoms with Crippen molar-refractivity contribution in [1.29, 1.82) is 0 Å². The predicted octanol–water partition coefficient (Wildman–Crippen LogP) is -0.623. The van der Waals surface area contributed by atoms with E-state index in [-0.39, 0.29) is 23.9 Å². The molecule has 0 bridgehead atoms. The lowest BCUT2D eigenvalue weighted by molar-refractivity contribution is -0.140. The molecule has 0 aromatic carbocycles. The van der Waals surface area contributed by atoms with Crippen LogP contribution in [0, 0.1) is 0 Å². The number of amides is 3. The second-order valence-electron chi connectivity index (χ2n) is 4.94. The predicted molar refractivity (Wildman–Crippen MR) is 61.8 cm³/mol. The first-order chi connectivity index (χ1) is 7.75. The fraction of sp³-hybridized carbons (Fsp3) is 0.727. The van der Waals surface area contributed by atoms with Gasteiger partial charge < -0.3 is 16.0 Å². The Morgan fingerprint density at radius 1 is 1.53 bits per heavy atom. The second kappa shape index (κ2) is 4.73. The highest BCUT2D eigenvalue weighted by atomic mass is 16.2. The van der Waals surface area contributed by atoms with Crippen LogP contribution in [0.15, 0.2) is 0 Å². The molecule has 6 nitrogen and oxygen atoms in total. The van der Waals surface area contributed by atoms with E-state index in [9.17, 15) is 14.4 Å². The lowest BCUT2D eigenvalue weighted by Gasteiger charge is -2.35. The fourth-order valence-electron chi connectivity index (χ4n) is 2.17. The molecule has 0 aromatic rings. The van der Waals surface area contributed by atoms with Crippen LogP contribution in [-0.2, 0) is 14.4 Å². The number of nitrogens with zero attached hydrogens (tertiary/aromatic N) is 1. The molecule has 17 heavy (non-hydrogen) atoms. The van der Waals surface area contributed by atoms with Crippen LogP contribution in [-0.4, -0.2) is 40.7 Å². The van der Waals surface area contributed by atoms with E-state index in [1.165, 1.54) is 0 Å². The molecule has 1 aliphatic rings. The van der Waals surface area contributed by atoms with Crippen LogP contribution in [0.25, 0.3) is 0 Å². The molecule has 0 radical (unpaired) electrons. The van der Waals surface area contributed by atoms with E-state index in [0.717, 1.165) is 6.42 Å². The van der Waals surface area contributed by atoms with Crippen LogP contribution < -0.4 is 11.1 Å². The summed E-state index contributed by atoms with van der Waals surface area (Å²) in [6, 6.07) is -0.584. The van der Waals surface area contributed by atoms with Crippen molar-refractivity contribution in [3.8, 4) is 0 Å². The number of carbonyl (C=O) groups is 3. The van der Waals surface area contributed by atoms with Crippen molar-refractivity contribution in [1.82, 2.24) is 10.2 Å². The Morgan fingerprint density at radius 2 is 2.12 bits per heavy atom. The number of hydrogen-bond donors (Lipinski definition) is 2. The number of nitrogens with two attached hydrogens (primary N) is 1. The van der Waals surface area contributed by atoms with Crippen molar-refractivity contribution in [2.24, 2.45) is 5.73 Å². The van der Waals surface area contributed by atoms with Gasteiger partial charge in [-0.3, -0.25) is 14.4 Å². The van der Waals surface area contributed by atoms with E-state index < -0.39 is 11.9 Å². The summed E-state index contributed by atoms with van der Waals surface area (Å²) < 4.78 is 0. The number of rotatable bonds is 4. The number of primary amides is 1. The van der Waals surface area contributed by atoms with Gasteiger partial charge in [0, 0.05) is 12.0 Å². The second-order valence-corrected chi connectivity index (χ2v) is 4.94. The Hall–Kier alpha value is -1.59. The Kier molecular flexibility index (Phi) is 3.75. The van der Waals surface area contributed by atoms with E-state index in [2.05, 4.69) is 5.32 Å². The summed E-state index contributed by atoms with van der Waals surface area (Å²) in [5.74, 6) is -0.985. The summed E-state index contributed by atoms with van der Waals surface area (Å²) in [4.78, 5) is 35.6. The fourth-order valence-corrected chi connectivity index (χ4v) is 2.17. The molecule has 1 unspecified atom stereocenters. The average Bonchev–Trinajstić information content (AvgIpc) is 2.48. The smallest absolute Gasteiger partial charge is 0.242 e. The van der Waals surface area contributed by atoms with Gasteiger partial charge in [0.25, 0.3) is 0 Å². The summed E-state index contributed by atoms with van der Waals surface area (Å²) >= 11 is 0. The molecule has 3 N–H and O–H groups in total. The number of likely N-dealkylation sites (tertiary alicyclic amines) is 1. The van der Waals surface area contributed by atoms with Crippen LogP contribution in [0.1, 0.15) is 33.6 Å². The lowest BCUT2D eigenvalue weighted by atomic mass is 10.0. The molecular weight excluding hydrogens is 222 g/mol. The van der Waals surface area contributed by atoms with Gasteiger partial charge in [0.05, 0.1) is 6.54 Å². The first-order valence-electron chi connectivity index (χ1n) is 5.64. The third kappa shape index (κ3) is 2.95. The Balaban J connectivity index is 2.68. The zero-order valence-corrected chi connectivity index (χ0v) is 10.4. The topological polar surface area (TPSA) is 92.5 Å². The van der Waals surface area contributed by atoms with E-state index in [1.54, 1.807) is 11.8 Å². The third-order valence-electron chi connectivity index (χ3n) is 3.08. The van der Waals surface area contributed by atoms with Crippen LogP contribution in [0.5, 0.6) is 0 Å². The SMILES string of the molecule is CC(C(=O)NCC(N)=O)N1C(=O)CCC1(C)C. The minimum Gasteiger partial charge on any atom is -0.368 e. The van der Waals surface area contributed by atoms with Crippen LogP contribution >= 0.6 is 0 Å². The Morgan fingerprint density at radius 3 is 2.53 bits per heavy atom. The highest BCUT2D eigenvalue weighted by molar-refractivity contribution is 5.91. The van der Waals surface area contributed by atoms with Crippen molar-refractivity contribution in [3.05, 3.63) is 0 Å². The van der Waals surface area contributed by atoms with Crippen LogP contribution in [0.2, 0.25) is 0 Å². The van der Waals surface area contributed by atoms with Crippen LogP contribution in [0.3, 0.4) is 0 Å². The Bertz CT molecular complexity index is 352. The van der Waals surface area contributed by atoms with Gasteiger partial charge in [-0.2, -0.15) is 0 Å². The molecule has 0 saturated carbocycles. The maximum atomic E-state index is 11.8.